The molecular formula is C30H55N3O7. The first kappa shape index (κ1) is 37.5. The van der Waals surface area contributed by atoms with E-state index in [2.05, 4.69) is 10.6 Å². The zero-order valence-corrected chi connectivity index (χ0v) is 24.9. The number of hydrogen-bond acceptors (Lipinski definition) is 6. The summed E-state index contributed by atoms with van der Waals surface area (Å²) in [6.45, 7) is 4.07. The molecule has 0 aromatic carbocycles. The van der Waals surface area contributed by atoms with E-state index in [1.165, 1.54) is 25.7 Å². The van der Waals surface area contributed by atoms with Gasteiger partial charge in [-0.25, -0.2) is 4.79 Å². The molecule has 0 aromatic heterocycles. The van der Waals surface area contributed by atoms with Crippen molar-refractivity contribution < 1.29 is 34.2 Å². The molecule has 0 aliphatic carbocycles. The molecule has 2 amide bonds. The largest absolute Gasteiger partial charge is 0.481 e. The molecule has 2 atom stereocenters. The van der Waals surface area contributed by atoms with Crippen molar-refractivity contribution in [2.75, 3.05) is 6.54 Å². The maximum absolute atomic E-state index is 12.2. The van der Waals surface area contributed by atoms with E-state index < -0.39 is 24.0 Å². The Kier molecular flexibility index (Phi) is 22.8. The predicted molar refractivity (Wildman–Crippen MR) is 156 cm³/mol. The highest BCUT2D eigenvalue weighted by Gasteiger charge is 2.21. The lowest BCUT2D eigenvalue weighted by molar-refractivity contribution is -0.142. The Balaban J connectivity index is 3.80. The molecule has 10 heteroatoms. The lowest BCUT2D eigenvalue weighted by atomic mass is 9.98. The number of rotatable bonds is 27. The zero-order valence-electron chi connectivity index (χ0n) is 24.9. The van der Waals surface area contributed by atoms with E-state index >= 15 is 0 Å². The van der Waals surface area contributed by atoms with Crippen LogP contribution in [0.2, 0.25) is 0 Å². The van der Waals surface area contributed by atoms with Gasteiger partial charge in [-0.05, 0) is 38.5 Å². The summed E-state index contributed by atoms with van der Waals surface area (Å²) < 4.78 is 0. The van der Waals surface area contributed by atoms with Gasteiger partial charge in [0.25, 0.3) is 0 Å². The van der Waals surface area contributed by atoms with Gasteiger partial charge < -0.3 is 26.6 Å². The first-order valence-corrected chi connectivity index (χ1v) is 15.3. The highest BCUT2D eigenvalue weighted by atomic mass is 16.4. The van der Waals surface area contributed by atoms with Gasteiger partial charge in [-0.2, -0.15) is 0 Å². The fraction of sp³-hybridized carbons (Fsp3) is 0.833. The average molecular weight is 570 g/mol. The molecule has 0 saturated carbocycles. The standard InChI is InChI=1S/C30H55N3O7/c1-23(2)29(38)24(31)17-15-16-22-32-26(34)21-20-25(30(39)40)33-27(35)18-13-11-9-7-5-3-4-6-8-10-12-14-19-28(36)37/h23-25H,3-22,31H2,1-2H3,(H,32,34)(H,33,35)(H,36,37)(H,39,40)/t24-,25-/m0/s1. The molecule has 0 aliphatic rings. The third-order valence-electron chi connectivity index (χ3n) is 7.04. The fourth-order valence-electron chi connectivity index (χ4n) is 4.50. The Hall–Kier alpha value is -2.49. The van der Waals surface area contributed by atoms with Crippen molar-refractivity contribution in [2.24, 2.45) is 11.7 Å². The van der Waals surface area contributed by atoms with Crippen LogP contribution in [0.15, 0.2) is 0 Å². The van der Waals surface area contributed by atoms with Crippen molar-refractivity contribution in [3.63, 3.8) is 0 Å². The van der Waals surface area contributed by atoms with Crippen LogP contribution in [0.3, 0.4) is 0 Å². The minimum atomic E-state index is -1.15. The summed E-state index contributed by atoms with van der Waals surface area (Å²) in [4.78, 5) is 58.0. The first-order valence-electron chi connectivity index (χ1n) is 15.3. The Labute approximate surface area is 240 Å². The predicted octanol–water partition coefficient (Wildman–Crippen LogP) is 4.72. The van der Waals surface area contributed by atoms with Gasteiger partial charge in [0.15, 0.2) is 5.78 Å². The topological polar surface area (TPSA) is 176 Å². The summed E-state index contributed by atoms with van der Waals surface area (Å²) in [7, 11) is 0. The maximum Gasteiger partial charge on any atom is 0.326 e. The normalized spacial score (nSPS) is 12.6. The Bertz CT molecular complexity index is 743. The number of aliphatic carboxylic acids is 2. The Morgan fingerprint density at radius 3 is 1.60 bits per heavy atom. The summed E-state index contributed by atoms with van der Waals surface area (Å²) in [5.41, 5.74) is 5.86. The van der Waals surface area contributed by atoms with Crippen LogP contribution in [0, 0.1) is 5.92 Å². The number of amides is 2. The minimum absolute atomic E-state index is 0.00726. The molecule has 6 N–H and O–H groups in total. The van der Waals surface area contributed by atoms with Crippen molar-refractivity contribution in [3.05, 3.63) is 0 Å². The number of nitrogens with two attached hydrogens (primary N) is 1. The van der Waals surface area contributed by atoms with Crippen LogP contribution in [0.25, 0.3) is 0 Å². The highest BCUT2D eigenvalue weighted by Crippen LogP contribution is 2.13. The van der Waals surface area contributed by atoms with Gasteiger partial charge in [0, 0.05) is 31.7 Å². The smallest absolute Gasteiger partial charge is 0.326 e. The maximum atomic E-state index is 12.2. The number of hydrogen-bond donors (Lipinski definition) is 5. The van der Waals surface area contributed by atoms with Crippen molar-refractivity contribution in [1.29, 1.82) is 0 Å². The van der Waals surface area contributed by atoms with E-state index in [0.717, 1.165) is 44.9 Å². The summed E-state index contributed by atoms with van der Waals surface area (Å²) in [5.74, 6) is -2.49. The number of unbranched alkanes of at least 4 members (excludes halogenated alkanes) is 12. The number of nitrogens with one attached hydrogen (secondary N) is 2. The molecule has 0 fully saturated rings. The summed E-state index contributed by atoms with van der Waals surface area (Å²) in [6, 6.07) is -1.57. The van der Waals surface area contributed by atoms with Crippen LogP contribution in [0.1, 0.15) is 136 Å². The van der Waals surface area contributed by atoms with E-state index in [-0.39, 0.29) is 49.2 Å². The number of ketones is 1. The Morgan fingerprint density at radius 2 is 1.12 bits per heavy atom. The molecule has 0 spiro atoms. The monoisotopic (exact) mass is 569 g/mol. The molecule has 0 heterocycles. The molecule has 0 aliphatic heterocycles. The van der Waals surface area contributed by atoms with E-state index in [1.807, 2.05) is 13.8 Å². The van der Waals surface area contributed by atoms with Gasteiger partial charge in [-0.15, -0.1) is 0 Å². The zero-order chi connectivity index (χ0) is 30.2. The van der Waals surface area contributed by atoms with Gasteiger partial charge in [0.2, 0.25) is 11.8 Å². The van der Waals surface area contributed by atoms with Crippen molar-refractivity contribution >= 4 is 29.5 Å². The average Bonchev–Trinajstić information content (AvgIpc) is 2.89. The minimum Gasteiger partial charge on any atom is -0.481 e. The summed E-state index contributed by atoms with van der Waals surface area (Å²) in [5, 5.41) is 23.3. The second kappa shape index (κ2) is 24.3. The van der Waals surface area contributed by atoms with Crippen LogP contribution < -0.4 is 16.4 Å². The molecule has 0 radical (unpaired) electrons. The van der Waals surface area contributed by atoms with Gasteiger partial charge in [-0.3, -0.25) is 19.2 Å². The second-order valence-electron chi connectivity index (χ2n) is 11.1. The molecule has 0 aromatic rings. The third kappa shape index (κ3) is 22.3. The van der Waals surface area contributed by atoms with Gasteiger partial charge in [0.1, 0.15) is 6.04 Å². The van der Waals surface area contributed by atoms with Crippen LogP contribution in [-0.4, -0.2) is 58.4 Å². The number of Topliss-reactive ketones (excluding diaryl/α,β-unsaturated/α-hetero) is 1. The Morgan fingerprint density at radius 1 is 0.625 bits per heavy atom. The molecule has 0 saturated heterocycles. The van der Waals surface area contributed by atoms with Gasteiger partial charge in [-0.1, -0.05) is 78.1 Å². The van der Waals surface area contributed by atoms with E-state index in [0.29, 0.717) is 32.2 Å². The molecule has 40 heavy (non-hydrogen) atoms. The van der Waals surface area contributed by atoms with Gasteiger partial charge >= 0.3 is 11.9 Å². The van der Waals surface area contributed by atoms with E-state index in [1.54, 1.807) is 0 Å². The van der Waals surface area contributed by atoms with Crippen molar-refractivity contribution in [1.82, 2.24) is 10.6 Å². The molecule has 232 valence electrons. The molecule has 0 rings (SSSR count). The number of carbonyl (C=O) groups is 5. The number of carboxylic acids is 2. The third-order valence-corrected chi connectivity index (χ3v) is 7.04. The SMILES string of the molecule is CC(C)C(=O)[C@@H](N)CCCCNC(=O)CC[C@H](NC(=O)CCCCCCCCCCCCCCC(=O)O)C(=O)O. The van der Waals surface area contributed by atoms with E-state index in [4.69, 9.17) is 10.8 Å². The molecular weight excluding hydrogens is 514 g/mol. The molecule has 0 bridgehead atoms. The fourth-order valence-corrected chi connectivity index (χ4v) is 4.50. The van der Waals surface area contributed by atoms with Crippen LogP contribution in [0.5, 0.6) is 0 Å². The first-order chi connectivity index (χ1) is 19.0. The van der Waals surface area contributed by atoms with Crippen molar-refractivity contribution in [3.8, 4) is 0 Å². The van der Waals surface area contributed by atoms with E-state index in [9.17, 15) is 29.1 Å². The molecule has 0 unspecified atom stereocenters. The van der Waals surface area contributed by atoms with Crippen LogP contribution in [-0.2, 0) is 24.0 Å². The number of carboxylic acid groups (broad SMARTS) is 2. The van der Waals surface area contributed by atoms with Gasteiger partial charge in [0.05, 0.1) is 6.04 Å². The molecule has 10 nitrogen and oxygen atoms in total. The summed E-state index contributed by atoms with van der Waals surface area (Å²) >= 11 is 0. The highest BCUT2D eigenvalue weighted by molar-refractivity contribution is 5.85. The quantitative estimate of drug-likeness (QED) is 0.0882. The van der Waals surface area contributed by atoms with Crippen LogP contribution >= 0.6 is 0 Å². The second-order valence-corrected chi connectivity index (χ2v) is 11.1. The van der Waals surface area contributed by atoms with Crippen LogP contribution in [0.4, 0.5) is 0 Å². The lowest BCUT2D eigenvalue weighted by Crippen LogP contribution is -2.41. The summed E-state index contributed by atoms with van der Waals surface area (Å²) in [6.07, 6.45) is 15.1. The lowest BCUT2D eigenvalue weighted by Gasteiger charge is -2.15. The van der Waals surface area contributed by atoms with Crippen molar-refractivity contribution in [2.45, 2.75) is 148 Å². The number of carbonyl (C=O) groups excluding carboxylic acids is 3.